The molecule has 3 nitrogen and oxygen atoms in total. The van der Waals surface area contributed by atoms with E-state index in [1.165, 1.54) is 0 Å². The zero-order chi connectivity index (χ0) is 13.8. The predicted molar refractivity (Wildman–Crippen MR) is 81.2 cm³/mol. The first-order chi connectivity index (χ1) is 9.15. The van der Waals surface area contributed by atoms with Gasteiger partial charge in [0.2, 0.25) is 0 Å². The Labute approximate surface area is 123 Å². The van der Waals surface area contributed by atoms with E-state index < -0.39 is 0 Å². The van der Waals surface area contributed by atoms with Crippen LogP contribution >= 0.6 is 23.4 Å². The van der Waals surface area contributed by atoms with E-state index in [2.05, 4.69) is 5.32 Å². The summed E-state index contributed by atoms with van der Waals surface area (Å²) in [6, 6.07) is 6.16. The van der Waals surface area contributed by atoms with Crippen LogP contribution in [0, 0.1) is 0 Å². The number of hydrogen-bond acceptors (Lipinski definition) is 3. The number of likely N-dealkylation sites (tertiary alicyclic amines) is 1. The van der Waals surface area contributed by atoms with Crippen LogP contribution in [0.1, 0.15) is 23.2 Å². The van der Waals surface area contributed by atoms with E-state index in [-0.39, 0.29) is 5.91 Å². The Kier molecular flexibility index (Phi) is 5.13. The van der Waals surface area contributed by atoms with Crippen LogP contribution < -0.4 is 5.32 Å². The normalized spacial score (nSPS) is 16.7. The van der Waals surface area contributed by atoms with E-state index >= 15 is 0 Å². The van der Waals surface area contributed by atoms with Crippen molar-refractivity contribution in [2.45, 2.75) is 23.8 Å². The summed E-state index contributed by atoms with van der Waals surface area (Å²) in [7, 11) is 1.97. The molecule has 1 fully saturated rings. The van der Waals surface area contributed by atoms with Gasteiger partial charge in [-0.25, -0.2) is 0 Å². The van der Waals surface area contributed by atoms with Crippen LogP contribution in [0.25, 0.3) is 0 Å². The summed E-state index contributed by atoms with van der Waals surface area (Å²) in [5.41, 5.74) is 0.622. The lowest BCUT2D eigenvalue weighted by molar-refractivity contribution is 0.0707. The first-order valence-corrected chi connectivity index (χ1v) is 8.06. The molecule has 1 aliphatic rings. The number of rotatable bonds is 3. The van der Waals surface area contributed by atoms with E-state index in [1.807, 2.05) is 30.3 Å². The highest BCUT2D eigenvalue weighted by Crippen LogP contribution is 2.25. The Bertz CT molecular complexity index is 459. The van der Waals surface area contributed by atoms with Gasteiger partial charge in [-0.15, -0.1) is 11.8 Å². The first kappa shape index (κ1) is 14.7. The predicted octanol–water partition coefficient (Wildman–Crippen LogP) is 2.89. The summed E-state index contributed by atoms with van der Waals surface area (Å²) >= 11 is 7.77. The third kappa shape index (κ3) is 3.44. The second-order valence-electron chi connectivity index (χ2n) is 4.70. The first-order valence-electron chi connectivity index (χ1n) is 6.45. The molecule has 104 valence electrons. The third-order valence-electron chi connectivity index (χ3n) is 3.59. The number of thioether (sulfide) groups is 1. The van der Waals surface area contributed by atoms with Crippen molar-refractivity contribution < 1.29 is 4.79 Å². The minimum absolute atomic E-state index is 0.0513. The van der Waals surface area contributed by atoms with Crippen LogP contribution in [0.15, 0.2) is 23.1 Å². The van der Waals surface area contributed by atoms with Gasteiger partial charge in [-0.2, -0.15) is 0 Å². The van der Waals surface area contributed by atoms with Crippen molar-refractivity contribution in [1.29, 1.82) is 0 Å². The second-order valence-corrected chi connectivity index (χ2v) is 5.99. The Hall–Kier alpha value is -0.710. The van der Waals surface area contributed by atoms with Crippen molar-refractivity contribution in [3.63, 3.8) is 0 Å². The van der Waals surface area contributed by atoms with E-state index in [0.29, 0.717) is 16.6 Å². The van der Waals surface area contributed by atoms with E-state index in [1.54, 1.807) is 17.8 Å². The van der Waals surface area contributed by atoms with Crippen molar-refractivity contribution in [3.05, 3.63) is 28.8 Å². The lowest BCUT2D eigenvalue weighted by Crippen LogP contribution is -2.44. The van der Waals surface area contributed by atoms with Crippen molar-refractivity contribution in [1.82, 2.24) is 10.2 Å². The fourth-order valence-corrected chi connectivity index (χ4v) is 2.98. The molecule has 0 unspecified atom stereocenters. The minimum atomic E-state index is 0.0513. The molecule has 2 rings (SSSR count). The molecule has 0 aromatic heterocycles. The monoisotopic (exact) mass is 298 g/mol. The number of benzene rings is 1. The molecule has 0 atom stereocenters. The molecule has 1 amide bonds. The van der Waals surface area contributed by atoms with E-state index in [4.69, 9.17) is 11.6 Å². The number of piperidine rings is 1. The average Bonchev–Trinajstić information content (AvgIpc) is 2.47. The molecule has 1 aromatic carbocycles. The van der Waals surface area contributed by atoms with Crippen LogP contribution in [0.3, 0.4) is 0 Å². The van der Waals surface area contributed by atoms with Gasteiger partial charge in [0.25, 0.3) is 5.91 Å². The van der Waals surface area contributed by atoms with E-state index in [0.717, 1.165) is 30.8 Å². The molecule has 0 saturated carbocycles. The van der Waals surface area contributed by atoms with Crippen molar-refractivity contribution in [2.24, 2.45) is 0 Å². The van der Waals surface area contributed by atoms with Gasteiger partial charge in [0.05, 0.1) is 10.6 Å². The van der Waals surface area contributed by atoms with E-state index in [9.17, 15) is 4.79 Å². The molecular weight excluding hydrogens is 280 g/mol. The number of nitrogens with zero attached hydrogens (tertiary/aromatic N) is 1. The van der Waals surface area contributed by atoms with Crippen LogP contribution in [0.4, 0.5) is 0 Å². The van der Waals surface area contributed by atoms with Gasteiger partial charge in [-0.3, -0.25) is 4.79 Å². The molecule has 19 heavy (non-hydrogen) atoms. The smallest absolute Gasteiger partial charge is 0.255 e. The van der Waals surface area contributed by atoms with Gasteiger partial charge in [0, 0.05) is 24.0 Å². The zero-order valence-corrected chi connectivity index (χ0v) is 12.9. The maximum absolute atomic E-state index is 12.5. The molecule has 1 heterocycles. The van der Waals surface area contributed by atoms with Gasteiger partial charge < -0.3 is 10.2 Å². The van der Waals surface area contributed by atoms with Crippen LogP contribution in [0.5, 0.6) is 0 Å². The molecule has 0 spiro atoms. The van der Waals surface area contributed by atoms with Crippen molar-refractivity contribution in [3.8, 4) is 0 Å². The SMILES string of the molecule is CNC1CCN(C(=O)c2cc(SC)ccc2Cl)CC1. The second kappa shape index (κ2) is 6.64. The zero-order valence-electron chi connectivity index (χ0n) is 11.3. The maximum atomic E-state index is 12.5. The summed E-state index contributed by atoms with van der Waals surface area (Å²) in [6.07, 6.45) is 4.00. The van der Waals surface area contributed by atoms with Gasteiger partial charge in [-0.1, -0.05) is 11.6 Å². The fourth-order valence-electron chi connectivity index (χ4n) is 2.34. The number of nitrogens with one attached hydrogen (secondary N) is 1. The lowest BCUT2D eigenvalue weighted by Gasteiger charge is -2.32. The van der Waals surface area contributed by atoms with Gasteiger partial charge in [-0.05, 0) is 44.3 Å². The summed E-state index contributed by atoms with van der Waals surface area (Å²) in [6.45, 7) is 1.59. The molecule has 1 saturated heterocycles. The highest BCUT2D eigenvalue weighted by atomic mass is 35.5. The number of halogens is 1. The van der Waals surface area contributed by atoms with Crippen LogP contribution in [-0.2, 0) is 0 Å². The number of carbonyl (C=O) groups excluding carboxylic acids is 1. The number of hydrogen-bond donors (Lipinski definition) is 1. The average molecular weight is 299 g/mol. The standard InChI is InChI=1S/C14H19ClN2OS/c1-16-10-5-7-17(8-6-10)14(18)12-9-11(19-2)3-4-13(12)15/h3-4,9-10,16H,5-8H2,1-2H3. The Morgan fingerprint density at radius 1 is 1.42 bits per heavy atom. The molecule has 0 aliphatic carbocycles. The van der Waals surface area contributed by atoms with Crippen molar-refractivity contribution >= 4 is 29.3 Å². The fraction of sp³-hybridized carbons (Fsp3) is 0.500. The van der Waals surface area contributed by atoms with Crippen LogP contribution in [0.2, 0.25) is 5.02 Å². The Balaban J connectivity index is 2.11. The third-order valence-corrected chi connectivity index (χ3v) is 4.65. The quantitative estimate of drug-likeness (QED) is 0.871. The molecule has 1 aromatic rings. The summed E-state index contributed by atoms with van der Waals surface area (Å²) < 4.78 is 0. The van der Waals surface area contributed by atoms with Crippen molar-refractivity contribution in [2.75, 3.05) is 26.4 Å². The van der Waals surface area contributed by atoms with Crippen LogP contribution in [-0.4, -0.2) is 43.2 Å². The molecule has 1 N–H and O–H groups in total. The maximum Gasteiger partial charge on any atom is 0.255 e. The Morgan fingerprint density at radius 3 is 2.68 bits per heavy atom. The van der Waals surface area contributed by atoms with Gasteiger partial charge >= 0.3 is 0 Å². The molecular formula is C14H19ClN2OS. The Morgan fingerprint density at radius 2 is 2.11 bits per heavy atom. The molecule has 0 radical (unpaired) electrons. The van der Waals surface area contributed by atoms with Gasteiger partial charge in [0.1, 0.15) is 0 Å². The molecule has 1 aliphatic heterocycles. The highest BCUT2D eigenvalue weighted by Gasteiger charge is 2.24. The summed E-state index contributed by atoms with van der Waals surface area (Å²) in [4.78, 5) is 15.5. The number of amides is 1. The minimum Gasteiger partial charge on any atom is -0.338 e. The number of carbonyl (C=O) groups is 1. The summed E-state index contributed by atoms with van der Waals surface area (Å²) in [5.74, 6) is 0.0513. The topological polar surface area (TPSA) is 32.3 Å². The molecule has 0 bridgehead atoms. The summed E-state index contributed by atoms with van der Waals surface area (Å²) in [5, 5.41) is 3.81. The highest BCUT2D eigenvalue weighted by molar-refractivity contribution is 7.98. The largest absolute Gasteiger partial charge is 0.338 e. The molecule has 5 heteroatoms. The lowest BCUT2D eigenvalue weighted by atomic mass is 10.0. The van der Waals surface area contributed by atoms with Gasteiger partial charge in [0.15, 0.2) is 0 Å².